The summed E-state index contributed by atoms with van der Waals surface area (Å²) in [7, 11) is 1.37. The summed E-state index contributed by atoms with van der Waals surface area (Å²) in [6, 6.07) is 1.92. The number of hydrogen-bond acceptors (Lipinski definition) is 6. The van der Waals surface area contributed by atoms with Crippen LogP contribution in [0.15, 0.2) is 16.7 Å². The molecular weight excluding hydrogens is 386 g/mol. The fraction of sp³-hybridized carbons (Fsp3) is 0.667. The van der Waals surface area contributed by atoms with Crippen LogP contribution in [0.5, 0.6) is 0 Å². The Morgan fingerprint density at radius 1 is 1.32 bits per heavy atom. The van der Waals surface area contributed by atoms with Crippen molar-refractivity contribution in [1.29, 1.82) is 0 Å². The average molecular weight is 412 g/mol. The molecule has 1 aromatic rings. The molecule has 2 aliphatic rings. The van der Waals surface area contributed by atoms with Gasteiger partial charge in [0.2, 0.25) is 0 Å². The van der Waals surface area contributed by atoms with Crippen LogP contribution in [-0.2, 0) is 9.47 Å². The SMILES string of the molecule is COC(=O)c1cnc(N2CCCC(OC3CCCCC3N)C2)c(Br)c1. The quantitative estimate of drug-likeness (QED) is 0.767. The Morgan fingerprint density at radius 2 is 2.12 bits per heavy atom. The number of hydrogen-bond donors (Lipinski definition) is 1. The van der Waals surface area contributed by atoms with Crippen LogP contribution in [0.25, 0.3) is 0 Å². The van der Waals surface area contributed by atoms with Crippen LogP contribution in [0.3, 0.4) is 0 Å². The monoisotopic (exact) mass is 411 g/mol. The van der Waals surface area contributed by atoms with Gasteiger partial charge in [-0.1, -0.05) is 12.8 Å². The van der Waals surface area contributed by atoms with Crippen LogP contribution in [0, 0.1) is 0 Å². The molecule has 2 N–H and O–H groups in total. The molecule has 0 spiro atoms. The van der Waals surface area contributed by atoms with E-state index in [1.807, 2.05) is 0 Å². The zero-order chi connectivity index (χ0) is 17.8. The molecule has 6 nitrogen and oxygen atoms in total. The fourth-order valence-electron chi connectivity index (χ4n) is 3.68. The van der Waals surface area contributed by atoms with Gasteiger partial charge in [-0.15, -0.1) is 0 Å². The minimum atomic E-state index is -0.383. The van der Waals surface area contributed by atoms with E-state index in [1.54, 1.807) is 12.3 Å². The summed E-state index contributed by atoms with van der Waals surface area (Å²) < 4.78 is 11.9. The third-order valence-corrected chi connectivity index (χ3v) is 5.62. The van der Waals surface area contributed by atoms with E-state index < -0.39 is 0 Å². The second kappa shape index (κ2) is 8.47. The highest BCUT2D eigenvalue weighted by Gasteiger charge is 2.29. The molecule has 1 aliphatic heterocycles. The summed E-state index contributed by atoms with van der Waals surface area (Å²) in [6.45, 7) is 1.73. The molecule has 0 aromatic carbocycles. The Kier molecular flexibility index (Phi) is 6.30. The van der Waals surface area contributed by atoms with Gasteiger partial charge < -0.3 is 20.1 Å². The number of nitrogens with zero attached hydrogens (tertiary/aromatic N) is 2. The Morgan fingerprint density at radius 3 is 2.84 bits per heavy atom. The summed E-state index contributed by atoms with van der Waals surface area (Å²) in [5, 5.41) is 0. The molecular formula is C18H26BrN3O3. The predicted octanol–water partition coefficient (Wildman–Crippen LogP) is 2.89. The van der Waals surface area contributed by atoms with Gasteiger partial charge in [0.05, 0.1) is 29.4 Å². The second-order valence-corrected chi connectivity index (χ2v) is 7.71. The van der Waals surface area contributed by atoms with Crippen LogP contribution in [0.2, 0.25) is 0 Å². The summed E-state index contributed by atoms with van der Waals surface area (Å²) in [4.78, 5) is 18.3. The lowest BCUT2D eigenvalue weighted by molar-refractivity contribution is -0.0441. The van der Waals surface area contributed by atoms with Crippen molar-refractivity contribution < 1.29 is 14.3 Å². The lowest BCUT2D eigenvalue weighted by Gasteiger charge is -2.38. The summed E-state index contributed by atoms with van der Waals surface area (Å²) in [6.07, 6.45) is 8.56. The average Bonchev–Trinajstić information content (AvgIpc) is 2.63. The van der Waals surface area contributed by atoms with E-state index in [4.69, 9.17) is 15.2 Å². The number of esters is 1. The number of rotatable bonds is 4. The molecule has 3 rings (SSSR count). The van der Waals surface area contributed by atoms with Gasteiger partial charge in [-0.05, 0) is 47.7 Å². The lowest BCUT2D eigenvalue weighted by Crippen LogP contribution is -2.46. The fourth-order valence-corrected chi connectivity index (χ4v) is 4.28. The first-order chi connectivity index (χ1) is 12.1. The van der Waals surface area contributed by atoms with E-state index in [1.165, 1.54) is 20.0 Å². The van der Waals surface area contributed by atoms with Gasteiger partial charge in [0.25, 0.3) is 0 Å². The maximum atomic E-state index is 11.6. The molecule has 0 radical (unpaired) electrons. The largest absolute Gasteiger partial charge is 0.465 e. The maximum Gasteiger partial charge on any atom is 0.339 e. The van der Waals surface area contributed by atoms with Crippen molar-refractivity contribution in [3.05, 3.63) is 22.3 Å². The van der Waals surface area contributed by atoms with Gasteiger partial charge in [-0.3, -0.25) is 0 Å². The first-order valence-electron chi connectivity index (χ1n) is 8.98. The number of piperidine rings is 1. The van der Waals surface area contributed by atoms with Gasteiger partial charge in [-0.2, -0.15) is 0 Å². The Labute approximate surface area is 157 Å². The number of ether oxygens (including phenoxy) is 2. The van der Waals surface area contributed by atoms with Crippen molar-refractivity contribution >= 4 is 27.7 Å². The van der Waals surface area contributed by atoms with Crippen molar-refractivity contribution in [2.45, 2.75) is 56.8 Å². The number of carbonyl (C=O) groups excluding carboxylic acids is 1. The zero-order valence-electron chi connectivity index (χ0n) is 14.6. The van der Waals surface area contributed by atoms with Gasteiger partial charge in [-0.25, -0.2) is 9.78 Å². The van der Waals surface area contributed by atoms with Crippen molar-refractivity contribution in [2.24, 2.45) is 5.73 Å². The van der Waals surface area contributed by atoms with Crippen LogP contribution in [0.1, 0.15) is 48.9 Å². The van der Waals surface area contributed by atoms with E-state index in [0.29, 0.717) is 5.56 Å². The zero-order valence-corrected chi connectivity index (χ0v) is 16.2. The normalized spacial score (nSPS) is 27.2. The summed E-state index contributed by atoms with van der Waals surface area (Å²) in [5.74, 6) is 0.458. The molecule has 1 saturated heterocycles. The highest BCUT2D eigenvalue weighted by atomic mass is 79.9. The number of halogens is 1. The minimum absolute atomic E-state index is 0.160. The summed E-state index contributed by atoms with van der Waals surface area (Å²) >= 11 is 3.54. The van der Waals surface area contributed by atoms with E-state index >= 15 is 0 Å². The molecule has 3 atom stereocenters. The number of aromatic nitrogens is 1. The Bertz CT molecular complexity index is 613. The smallest absolute Gasteiger partial charge is 0.339 e. The van der Waals surface area contributed by atoms with Gasteiger partial charge in [0.1, 0.15) is 5.82 Å². The number of anilines is 1. The molecule has 7 heteroatoms. The second-order valence-electron chi connectivity index (χ2n) is 6.85. The Balaban J connectivity index is 1.65. The standard InChI is InChI=1S/C18H26BrN3O3/c1-24-18(23)12-9-14(19)17(21-10-12)22-8-4-5-13(11-22)25-16-7-3-2-6-15(16)20/h9-10,13,15-16H,2-8,11,20H2,1H3. The van der Waals surface area contributed by atoms with Crippen LogP contribution in [-0.4, -0.2) is 49.4 Å². The summed E-state index contributed by atoms with van der Waals surface area (Å²) in [5.41, 5.74) is 6.66. The first-order valence-corrected chi connectivity index (χ1v) is 9.77. The van der Waals surface area contributed by atoms with Gasteiger partial charge in [0.15, 0.2) is 0 Å². The molecule has 1 aromatic heterocycles. The van der Waals surface area contributed by atoms with Crippen LogP contribution < -0.4 is 10.6 Å². The molecule has 0 amide bonds. The number of nitrogens with two attached hydrogens (primary N) is 1. The molecule has 138 valence electrons. The van der Waals surface area contributed by atoms with Crippen molar-refractivity contribution in [1.82, 2.24) is 4.98 Å². The number of carbonyl (C=O) groups is 1. The predicted molar refractivity (Wildman–Crippen MR) is 99.8 cm³/mol. The van der Waals surface area contributed by atoms with Crippen LogP contribution >= 0.6 is 15.9 Å². The minimum Gasteiger partial charge on any atom is -0.465 e. The van der Waals surface area contributed by atoms with E-state index in [-0.39, 0.29) is 24.2 Å². The third kappa shape index (κ3) is 4.51. The number of methoxy groups -OCH3 is 1. The molecule has 2 fully saturated rings. The molecule has 2 heterocycles. The van der Waals surface area contributed by atoms with Gasteiger partial charge >= 0.3 is 5.97 Å². The topological polar surface area (TPSA) is 77.7 Å². The van der Waals surface area contributed by atoms with Crippen molar-refractivity contribution in [3.8, 4) is 0 Å². The first kappa shape index (κ1) is 18.6. The lowest BCUT2D eigenvalue weighted by atomic mass is 9.93. The maximum absolute atomic E-state index is 11.6. The third-order valence-electron chi connectivity index (χ3n) is 5.04. The van der Waals surface area contributed by atoms with Gasteiger partial charge in [0, 0.05) is 25.3 Å². The molecule has 1 aliphatic carbocycles. The molecule has 0 bridgehead atoms. The highest BCUT2D eigenvalue weighted by Crippen LogP contribution is 2.29. The Hall–Kier alpha value is -1.18. The van der Waals surface area contributed by atoms with E-state index in [9.17, 15) is 4.79 Å². The number of pyridine rings is 1. The van der Waals surface area contributed by atoms with Crippen molar-refractivity contribution in [2.75, 3.05) is 25.1 Å². The van der Waals surface area contributed by atoms with E-state index in [0.717, 1.165) is 49.1 Å². The molecule has 3 unspecified atom stereocenters. The highest BCUT2D eigenvalue weighted by molar-refractivity contribution is 9.10. The van der Waals surface area contributed by atoms with Crippen molar-refractivity contribution in [3.63, 3.8) is 0 Å². The molecule has 1 saturated carbocycles. The van der Waals surface area contributed by atoms with E-state index in [2.05, 4.69) is 25.8 Å². The molecule has 25 heavy (non-hydrogen) atoms. The van der Waals surface area contributed by atoms with Crippen LogP contribution in [0.4, 0.5) is 5.82 Å².